The second-order valence-corrected chi connectivity index (χ2v) is 11.1. The van der Waals surface area contributed by atoms with Crippen LogP contribution < -0.4 is 15.0 Å². The summed E-state index contributed by atoms with van der Waals surface area (Å²) in [5.41, 5.74) is 3.03. The molecule has 1 aliphatic heterocycles. The highest BCUT2D eigenvalue weighted by atomic mass is 35.5. The minimum Gasteiger partial charge on any atom is -0.491 e. The zero-order valence-corrected chi connectivity index (χ0v) is 25.3. The number of carbonyl (C=O) groups excluding carboxylic acids is 3. The van der Waals surface area contributed by atoms with Crippen LogP contribution in [0.4, 0.5) is 11.4 Å². The van der Waals surface area contributed by atoms with Gasteiger partial charge in [0.2, 0.25) is 5.91 Å². The first-order valence-electron chi connectivity index (χ1n) is 14.4. The van der Waals surface area contributed by atoms with Gasteiger partial charge in [-0.2, -0.15) is 0 Å². The zero-order chi connectivity index (χ0) is 30.1. The predicted molar refractivity (Wildman–Crippen MR) is 168 cm³/mol. The topological polar surface area (TPSA) is 82.2 Å². The molecule has 1 aliphatic rings. The maximum atomic E-state index is 13.4. The van der Waals surface area contributed by atoms with Gasteiger partial charge in [-0.3, -0.25) is 14.4 Å². The van der Waals surface area contributed by atoms with E-state index in [4.69, 9.17) is 16.3 Å². The van der Waals surface area contributed by atoms with E-state index in [1.165, 1.54) is 11.0 Å². The number of carbonyl (C=O) groups is 3. The fourth-order valence-electron chi connectivity index (χ4n) is 4.77. The van der Waals surface area contributed by atoms with Gasteiger partial charge in [-0.25, -0.2) is 0 Å². The highest BCUT2D eigenvalue weighted by Crippen LogP contribution is 2.30. The van der Waals surface area contributed by atoms with Gasteiger partial charge >= 0.3 is 0 Å². The molecular weight excluding hydrogens is 552 g/mol. The Kier molecular flexibility index (Phi) is 11.0. The highest BCUT2D eigenvalue weighted by Gasteiger charge is 2.21. The monoisotopic (exact) mass is 590 g/mol. The van der Waals surface area contributed by atoms with E-state index in [-0.39, 0.29) is 28.3 Å². The Bertz CT molecular complexity index is 1390. The summed E-state index contributed by atoms with van der Waals surface area (Å²) in [5.74, 6) is 0.194. The smallest absolute Gasteiger partial charge is 0.259 e. The fraction of sp³-hybridized carbons (Fsp3) is 0.364. The molecule has 0 bridgehead atoms. The van der Waals surface area contributed by atoms with Gasteiger partial charge in [0.25, 0.3) is 11.8 Å². The number of hydrogen-bond acceptors (Lipinski definition) is 5. The summed E-state index contributed by atoms with van der Waals surface area (Å²) in [4.78, 5) is 44.2. The largest absolute Gasteiger partial charge is 0.491 e. The van der Waals surface area contributed by atoms with Gasteiger partial charge in [-0.05, 0) is 75.7 Å². The maximum absolute atomic E-state index is 13.4. The number of nitrogens with zero attached hydrogens (tertiary/aromatic N) is 3. The molecule has 1 heterocycles. The van der Waals surface area contributed by atoms with Gasteiger partial charge in [0.1, 0.15) is 5.75 Å². The number of aryl methyl sites for hydroxylation is 1. The molecule has 1 N–H and O–H groups in total. The molecule has 9 heteroatoms. The molecule has 3 aromatic rings. The molecule has 4 rings (SSSR count). The minimum absolute atomic E-state index is 0.188. The molecular formula is C33H39ClN4O4. The number of ether oxygens (including phenoxy) is 1. The van der Waals surface area contributed by atoms with E-state index in [0.717, 1.165) is 51.0 Å². The normalized spacial score (nSPS) is 13.5. The number of para-hydroxylation sites is 2. The Balaban J connectivity index is 1.29. The van der Waals surface area contributed by atoms with Gasteiger partial charge in [0, 0.05) is 50.9 Å². The SMILES string of the molecule is Cc1ccc(NC(=O)c2ccc(C(=O)N(C)c3ccccc3OCCCCCC(=O)N3CCN(C)CC3)c(Cl)c2)cc1. The number of unbranched alkanes of at least 4 members (excludes halogenated alkanes) is 2. The summed E-state index contributed by atoms with van der Waals surface area (Å²) < 4.78 is 6.04. The van der Waals surface area contributed by atoms with Crippen LogP contribution in [0.5, 0.6) is 5.75 Å². The lowest BCUT2D eigenvalue weighted by Crippen LogP contribution is -2.47. The van der Waals surface area contributed by atoms with Crippen LogP contribution in [0.2, 0.25) is 5.02 Å². The van der Waals surface area contributed by atoms with Crippen molar-refractivity contribution in [3.63, 3.8) is 0 Å². The molecule has 0 aromatic heterocycles. The summed E-state index contributed by atoms with van der Waals surface area (Å²) in [6, 6.07) is 19.5. The first-order valence-corrected chi connectivity index (χ1v) is 14.7. The van der Waals surface area contributed by atoms with E-state index < -0.39 is 0 Å². The summed E-state index contributed by atoms with van der Waals surface area (Å²) in [5, 5.41) is 3.03. The van der Waals surface area contributed by atoms with Crippen LogP contribution in [0.25, 0.3) is 0 Å². The van der Waals surface area contributed by atoms with Crippen LogP contribution in [0.15, 0.2) is 66.7 Å². The van der Waals surface area contributed by atoms with E-state index in [1.54, 1.807) is 19.2 Å². The standard InChI is InChI=1S/C33H39ClN4O4/c1-24-12-15-26(16-13-24)35-32(40)25-14-17-27(28(34)23-25)33(41)37(3)29-9-6-7-10-30(29)42-22-8-4-5-11-31(39)38-20-18-36(2)19-21-38/h6-7,9-10,12-17,23H,4-5,8,11,18-22H2,1-3H3,(H,35,40). The molecule has 0 aliphatic carbocycles. The van der Waals surface area contributed by atoms with Crippen molar-refractivity contribution in [2.45, 2.75) is 32.6 Å². The lowest BCUT2D eigenvalue weighted by Gasteiger charge is -2.32. The van der Waals surface area contributed by atoms with Crippen LogP contribution in [0, 0.1) is 6.92 Å². The van der Waals surface area contributed by atoms with Crippen molar-refractivity contribution in [1.82, 2.24) is 9.80 Å². The Morgan fingerprint density at radius 2 is 1.64 bits per heavy atom. The van der Waals surface area contributed by atoms with Crippen LogP contribution in [-0.4, -0.2) is 74.4 Å². The van der Waals surface area contributed by atoms with Crippen LogP contribution in [0.1, 0.15) is 52.0 Å². The molecule has 1 saturated heterocycles. The summed E-state index contributed by atoms with van der Waals surface area (Å²) >= 11 is 6.49. The number of amides is 3. The van der Waals surface area contributed by atoms with Crippen molar-refractivity contribution in [2.24, 2.45) is 0 Å². The number of hydrogen-bond donors (Lipinski definition) is 1. The molecule has 3 aromatic carbocycles. The molecule has 8 nitrogen and oxygen atoms in total. The second-order valence-electron chi connectivity index (χ2n) is 10.7. The Labute approximate surface area is 253 Å². The van der Waals surface area contributed by atoms with Crippen LogP contribution in [-0.2, 0) is 4.79 Å². The van der Waals surface area contributed by atoms with Gasteiger partial charge < -0.3 is 24.8 Å². The predicted octanol–water partition coefficient (Wildman–Crippen LogP) is 5.89. The Morgan fingerprint density at radius 1 is 0.929 bits per heavy atom. The van der Waals surface area contributed by atoms with E-state index in [1.807, 2.05) is 60.4 Å². The molecule has 1 fully saturated rings. The number of nitrogens with one attached hydrogen (secondary N) is 1. The van der Waals surface area contributed by atoms with Crippen molar-refractivity contribution in [1.29, 1.82) is 0 Å². The lowest BCUT2D eigenvalue weighted by atomic mass is 10.1. The van der Waals surface area contributed by atoms with E-state index >= 15 is 0 Å². The fourth-order valence-corrected chi connectivity index (χ4v) is 5.03. The summed E-state index contributed by atoms with van der Waals surface area (Å²) in [6.45, 7) is 5.93. The summed E-state index contributed by atoms with van der Waals surface area (Å²) in [7, 11) is 3.75. The number of likely N-dealkylation sites (N-methyl/N-ethyl adjacent to an activating group) is 1. The maximum Gasteiger partial charge on any atom is 0.259 e. The molecule has 0 atom stereocenters. The Morgan fingerprint density at radius 3 is 2.36 bits per heavy atom. The molecule has 0 radical (unpaired) electrons. The number of anilines is 2. The third kappa shape index (κ3) is 8.33. The third-order valence-electron chi connectivity index (χ3n) is 7.45. The quantitative estimate of drug-likeness (QED) is 0.282. The van der Waals surface area contributed by atoms with Crippen molar-refractivity contribution >= 4 is 40.7 Å². The molecule has 3 amide bonds. The first kappa shape index (κ1) is 31.1. The first-order chi connectivity index (χ1) is 20.2. The van der Waals surface area contributed by atoms with Gasteiger partial charge in [-0.15, -0.1) is 0 Å². The Hall–Kier alpha value is -3.88. The number of benzene rings is 3. The third-order valence-corrected chi connectivity index (χ3v) is 7.76. The van der Waals surface area contributed by atoms with E-state index in [2.05, 4.69) is 17.3 Å². The average Bonchev–Trinajstić information content (AvgIpc) is 2.99. The molecule has 0 saturated carbocycles. The van der Waals surface area contributed by atoms with Gasteiger partial charge in [-0.1, -0.05) is 41.4 Å². The van der Waals surface area contributed by atoms with E-state index in [0.29, 0.717) is 35.7 Å². The molecule has 0 unspecified atom stereocenters. The second kappa shape index (κ2) is 14.8. The average molecular weight is 591 g/mol. The number of halogens is 1. The highest BCUT2D eigenvalue weighted by molar-refractivity contribution is 6.35. The van der Waals surface area contributed by atoms with Crippen molar-refractivity contribution in [3.05, 3.63) is 88.4 Å². The van der Waals surface area contributed by atoms with Gasteiger partial charge in [0.15, 0.2) is 0 Å². The lowest BCUT2D eigenvalue weighted by molar-refractivity contribution is -0.132. The number of rotatable bonds is 11. The van der Waals surface area contributed by atoms with Gasteiger partial charge in [0.05, 0.1) is 22.9 Å². The van der Waals surface area contributed by atoms with Crippen LogP contribution >= 0.6 is 11.6 Å². The van der Waals surface area contributed by atoms with Crippen molar-refractivity contribution in [2.75, 3.05) is 57.1 Å². The van der Waals surface area contributed by atoms with Crippen LogP contribution in [0.3, 0.4) is 0 Å². The van der Waals surface area contributed by atoms with Crippen molar-refractivity contribution in [3.8, 4) is 5.75 Å². The minimum atomic E-state index is -0.316. The molecule has 222 valence electrons. The zero-order valence-electron chi connectivity index (χ0n) is 24.6. The molecule has 42 heavy (non-hydrogen) atoms. The summed E-state index contributed by atoms with van der Waals surface area (Å²) in [6.07, 6.45) is 3.08. The van der Waals surface area contributed by atoms with E-state index in [9.17, 15) is 14.4 Å². The number of piperazine rings is 1. The molecule has 0 spiro atoms. The van der Waals surface area contributed by atoms with Crippen molar-refractivity contribution < 1.29 is 19.1 Å².